The molecule has 0 amide bonds. The summed E-state index contributed by atoms with van der Waals surface area (Å²) < 4.78 is 0. The summed E-state index contributed by atoms with van der Waals surface area (Å²) in [5.41, 5.74) is 1.24. The summed E-state index contributed by atoms with van der Waals surface area (Å²) in [6.07, 6.45) is 5.60. The molecule has 3 N–H and O–H groups in total. The van der Waals surface area contributed by atoms with E-state index in [0.717, 1.165) is 36.8 Å². The van der Waals surface area contributed by atoms with Gasteiger partial charge in [-0.05, 0) is 24.0 Å². The van der Waals surface area contributed by atoms with Crippen molar-refractivity contribution in [2.45, 2.75) is 43.9 Å². The van der Waals surface area contributed by atoms with Gasteiger partial charge < -0.3 is 15.5 Å². The zero-order valence-corrected chi connectivity index (χ0v) is 11.3. The summed E-state index contributed by atoms with van der Waals surface area (Å²) in [6, 6.07) is 7.71. The molecule has 1 aromatic rings. The third-order valence-electron chi connectivity index (χ3n) is 3.94. The van der Waals surface area contributed by atoms with Crippen molar-refractivity contribution in [2.24, 2.45) is 0 Å². The maximum atomic E-state index is 10.8. The van der Waals surface area contributed by atoms with Crippen LogP contribution < -0.4 is 5.32 Å². The molecule has 104 valence electrons. The molecule has 3 heteroatoms. The van der Waals surface area contributed by atoms with Crippen LogP contribution in [0, 0.1) is 0 Å². The number of benzene rings is 1. The Balaban J connectivity index is 2.27. The van der Waals surface area contributed by atoms with Crippen LogP contribution in [-0.4, -0.2) is 22.4 Å². The summed E-state index contributed by atoms with van der Waals surface area (Å²) in [5, 5.41) is 23.5. The van der Waals surface area contributed by atoms with Crippen molar-refractivity contribution in [3.63, 3.8) is 0 Å². The normalized spacial score (nSPS) is 19.3. The van der Waals surface area contributed by atoms with Crippen molar-refractivity contribution < 1.29 is 10.2 Å². The van der Waals surface area contributed by atoms with E-state index < -0.39 is 5.60 Å². The van der Waals surface area contributed by atoms with Gasteiger partial charge in [0, 0.05) is 6.54 Å². The monoisotopic (exact) mass is 261 g/mol. The average Bonchev–Trinajstić information content (AvgIpc) is 2.87. The van der Waals surface area contributed by atoms with Gasteiger partial charge in [0.05, 0.1) is 18.2 Å². The lowest BCUT2D eigenvalue weighted by Crippen LogP contribution is -2.42. The van der Waals surface area contributed by atoms with E-state index in [1.165, 1.54) is 0 Å². The van der Waals surface area contributed by atoms with Crippen LogP contribution in [0.15, 0.2) is 36.9 Å². The lowest BCUT2D eigenvalue weighted by molar-refractivity contribution is 0.00809. The quantitative estimate of drug-likeness (QED) is 0.689. The molecule has 0 aromatic heterocycles. The van der Waals surface area contributed by atoms with Gasteiger partial charge in [0.1, 0.15) is 0 Å². The van der Waals surface area contributed by atoms with E-state index in [1.807, 2.05) is 24.3 Å². The van der Waals surface area contributed by atoms with E-state index in [1.54, 1.807) is 6.08 Å². The topological polar surface area (TPSA) is 52.5 Å². The van der Waals surface area contributed by atoms with E-state index in [2.05, 4.69) is 11.9 Å². The molecule has 19 heavy (non-hydrogen) atoms. The van der Waals surface area contributed by atoms with Crippen LogP contribution in [0.4, 0.5) is 0 Å². The summed E-state index contributed by atoms with van der Waals surface area (Å²) >= 11 is 0. The minimum atomic E-state index is -0.683. The smallest absolute Gasteiger partial charge is 0.0841 e. The van der Waals surface area contributed by atoms with E-state index in [-0.39, 0.29) is 12.6 Å². The van der Waals surface area contributed by atoms with Crippen molar-refractivity contribution >= 4 is 0 Å². The van der Waals surface area contributed by atoms with E-state index in [4.69, 9.17) is 0 Å². The molecule has 1 fully saturated rings. The number of rotatable bonds is 6. The molecule has 1 atom stereocenters. The van der Waals surface area contributed by atoms with Gasteiger partial charge in [0.15, 0.2) is 0 Å². The number of hydrogen-bond donors (Lipinski definition) is 3. The molecule has 1 saturated carbocycles. The maximum absolute atomic E-state index is 10.8. The van der Waals surface area contributed by atoms with Crippen molar-refractivity contribution in [3.05, 3.63) is 48.0 Å². The predicted octanol–water partition coefficient (Wildman–Crippen LogP) is 2.30. The molecule has 0 heterocycles. The zero-order chi connectivity index (χ0) is 13.7. The Kier molecular flexibility index (Phi) is 4.75. The fraction of sp³-hybridized carbons (Fsp3) is 0.500. The molecule has 1 aliphatic rings. The van der Waals surface area contributed by atoms with Gasteiger partial charge in [-0.3, -0.25) is 0 Å². The first-order valence-corrected chi connectivity index (χ1v) is 6.96. The van der Waals surface area contributed by atoms with Crippen molar-refractivity contribution in [2.75, 3.05) is 6.54 Å². The van der Waals surface area contributed by atoms with Crippen LogP contribution in [0.3, 0.4) is 0 Å². The second-order valence-electron chi connectivity index (χ2n) is 5.34. The molecule has 1 aromatic carbocycles. The van der Waals surface area contributed by atoms with Crippen LogP contribution in [0.25, 0.3) is 0 Å². The summed E-state index contributed by atoms with van der Waals surface area (Å²) in [6.45, 7) is 4.42. The lowest BCUT2D eigenvalue weighted by atomic mass is 9.86. The molecule has 1 aliphatic carbocycles. The highest BCUT2D eigenvalue weighted by molar-refractivity contribution is 5.28. The first-order valence-electron chi connectivity index (χ1n) is 6.96. The molecule has 0 saturated heterocycles. The number of aliphatic hydroxyl groups is 2. The molecule has 0 bridgehead atoms. The van der Waals surface area contributed by atoms with Gasteiger partial charge in [-0.1, -0.05) is 43.2 Å². The van der Waals surface area contributed by atoms with Crippen LogP contribution in [0.2, 0.25) is 0 Å². The molecular formula is C16H23NO2. The summed E-state index contributed by atoms with van der Waals surface area (Å²) in [5.74, 6) is 0. The minimum absolute atomic E-state index is 0.0282. The molecule has 3 nitrogen and oxygen atoms in total. The fourth-order valence-corrected chi connectivity index (χ4v) is 2.97. The van der Waals surface area contributed by atoms with Gasteiger partial charge in [0.25, 0.3) is 0 Å². The summed E-state index contributed by atoms with van der Waals surface area (Å²) in [7, 11) is 0. The van der Waals surface area contributed by atoms with Gasteiger partial charge >= 0.3 is 0 Å². The highest BCUT2D eigenvalue weighted by atomic mass is 16.3. The summed E-state index contributed by atoms with van der Waals surface area (Å²) in [4.78, 5) is 0. The van der Waals surface area contributed by atoms with Crippen LogP contribution in [-0.2, 0) is 6.61 Å². The first kappa shape index (κ1) is 14.3. The second-order valence-corrected chi connectivity index (χ2v) is 5.34. The van der Waals surface area contributed by atoms with Gasteiger partial charge in [0.2, 0.25) is 0 Å². The number of aliphatic hydroxyl groups excluding tert-OH is 1. The van der Waals surface area contributed by atoms with Gasteiger partial charge in [-0.2, -0.15) is 0 Å². The highest BCUT2D eigenvalue weighted by Crippen LogP contribution is 2.39. The van der Waals surface area contributed by atoms with E-state index >= 15 is 0 Å². The van der Waals surface area contributed by atoms with Gasteiger partial charge in [-0.25, -0.2) is 0 Å². The number of hydrogen-bond acceptors (Lipinski definition) is 3. The van der Waals surface area contributed by atoms with Crippen molar-refractivity contribution in [1.82, 2.24) is 5.32 Å². The van der Waals surface area contributed by atoms with E-state index in [0.29, 0.717) is 6.54 Å². The third-order valence-corrected chi connectivity index (χ3v) is 3.94. The van der Waals surface area contributed by atoms with Crippen LogP contribution in [0.5, 0.6) is 0 Å². The average molecular weight is 261 g/mol. The maximum Gasteiger partial charge on any atom is 0.0841 e. The molecule has 0 radical (unpaired) electrons. The Bertz CT molecular complexity index is 425. The predicted molar refractivity (Wildman–Crippen MR) is 76.7 cm³/mol. The molecule has 1 unspecified atom stereocenters. The highest BCUT2D eigenvalue weighted by Gasteiger charge is 2.39. The second kappa shape index (κ2) is 6.33. The molecule has 0 aliphatic heterocycles. The Morgan fingerprint density at radius 2 is 2.11 bits per heavy atom. The fourth-order valence-electron chi connectivity index (χ4n) is 2.97. The largest absolute Gasteiger partial charge is 0.392 e. The molecular weight excluding hydrogens is 238 g/mol. The Hall–Kier alpha value is -1.16. The van der Waals surface area contributed by atoms with Crippen molar-refractivity contribution in [3.8, 4) is 0 Å². The Morgan fingerprint density at radius 3 is 2.74 bits per heavy atom. The van der Waals surface area contributed by atoms with Gasteiger partial charge in [-0.15, -0.1) is 6.58 Å². The standard InChI is InChI=1S/C16H23NO2/c1-2-10-17-15(16(19)8-3-4-9-16)14-7-5-6-13(11-14)12-18/h2,5-7,11,15,17-19H,1,3-4,8-10,12H2. The number of nitrogens with one attached hydrogen (secondary N) is 1. The Labute approximate surface area is 115 Å². The van der Waals surface area contributed by atoms with Crippen LogP contribution >= 0.6 is 0 Å². The molecule has 0 spiro atoms. The first-order chi connectivity index (χ1) is 9.19. The minimum Gasteiger partial charge on any atom is -0.392 e. The van der Waals surface area contributed by atoms with Crippen molar-refractivity contribution in [1.29, 1.82) is 0 Å². The van der Waals surface area contributed by atoms with Crippen LogP contribution in [0.1, 0.15) is 42.9 Å². The van der Waals surface area contributed by atoms with E-state index in [9.17, 15) is 10.2 Å². The third kappa shape index (κ3) is 3.24. The Morgan fingerprint density at radius 1 is 1.37 bits per heavy atom. The molecule has 2 rings (SSSR count). The SMILES string of the molecule is C=CCNC(c1cccc(CO)c1)C1(O)CCCC1. The zero-order valence-electron chi connectivity index (χ0n) is 11.3. The lowest BCUT2D eigenvalue weighted by Gasteiger charge is -2.34.